The summed E-state index contributed by atoms with van der Waals surface area (Å²) in [7, 11) is 0. The van der Waals surface area contributed by atoms with E-state index in [2.05, 4.69) is 99.4 Å². The maximum absolute atomic E-state index is 6.71. The highest BCUT2D eigenvalue weighted by molar-refractivity contribution is 6.12. The number of nitrogens with zero attached hydrogens (tertiary/aromatic N) is 1. The molecule has 2 aromatic heterocycles. The predicted molar refractivity (Wildman–Crippen MR) is 129 cm³/mol. The minimum Gasteiger partial charge on any atom is -0.455 e. The van der Waals surface area contributed by atoms with Crippen LogP contribution >= 0.6 is 0 Å². The van der Waals surface area contributed by atoms with Crippen molar-refractivity contribution in [3.63, 3.8) is 0 Å². The van der Waals surface area contributed by atoms with E-state index in [9.17, 15) is 0 Å². The smallest absolute Gasteiger partial charge is 0.144 e. The standard InChI is InChI=1S/C29H25NO/c1-17(2)18-14-15-30-25(16-18)23-10-7-9-21-22-13-12-20-19-8-5-6-11-24(19)29(3,4)26(20)28(22)31-27(21)23/h5-17H,1-4H3. The molecule has 0 radical (unpaired) electrons. The zero-order valence-corrected chi connectivity index (χ0v) is 18.4. The molecule has 0 spiro atoms. The Morgan fingerprint density at radius 1 is 0.774 bits per heavy atom. The van der Waals surface area contributed by atoms with Crippen LogP contribution in [0.25, 0.3) is 44.3 Å². The van der Waals surface area contributed by atoms with Crippen molar-refractivity contribution in [3.8, 4) is 22.4 Å². The molecule has 0 aliphatic heterocycles. The summed E-state index contributed by atoms with van der Waals surface area (Å²) in [6.07, 6.45) is 1.91. The van der Waals surface area contributed by atoms with E-state index in [1.165, 1.54) is 33.2 Å². The molecule has 6 rings (SSSR count). The van der Waals surface area contributed by atoms with Crippen LogP contribution in [0.3, 0.4) is 0 Å². The fraction of sp³-hybridized carbons (Fsp3) is 0.207. The van der Waals surface area contributed by atoms with E-state index in [0.717, 1.165) is 27.8 Å². The Morgan fingerprint density at radius 3 is 2.39 bits per heavy atom. The Hall–Kier alpha value is -3.39. The van der Waals surface area contributed by atoms with Gasteiger partial charge in [-0.15, -0.1) is 0 Å². The Labute approximate surface area is 182 Å². The molecule has 2 nitrogen and oxygen atoms in total. The molecule has 0 saturated heterocycles. The van der Waals surface area contributed by atoms with Gasteiger partial charge < -0.3 is 4.42 Å². The summed E-state index contributed by atoms with van der Waals surface area (Å²) >= 11 is 0. The highest BCUT2D eigenvalue weighted by atomic mass is 16.3. The third-order valence-electron chi connectivity index (χ3n) is 6.91. The molecule has 0 saturated carbocycles. The minimum absolute atomic E-state index is 0.102. The summed E-state index contributed by atoms with van der Waals surface area (Å²) in [6, 6.07) is 23.9. The van der Waals surface area contributed by atoms with Crippen LogP contribution in [0, 0.1) is 0 Å². The van der Waals surface area contributed by atoms with Crippen LogP contribution < -0.4 is 0 Å². The maximum atomic E-state index is 6.71. The first-order chi connectivity index (χ1) is 15.0. The molecule has 2 heterocycles. The summed E-state index contributed by atoms with van der Waals surface area (Å²) in [5.41, 5.74) is 10.4. The van der Waals surface area contributed by atoms with Crippen molar-refractivity contribution in [2.24, 2.45) is 0 Å². The molecule has 0 atom stereocenters. The Kier molecular flexibility index (Phi) is 3.74. The van der Waals surface area contributed by atoms with Gasteiger partial charge in [-0.3, -0.25) is 4.98 Å². The first kappa shape index (κ1) is 18.4. The molecule has 152 valence electrons. The van der Waals surface area contributed by atoms with Crippen LogP contribution in [0.15, 0.2) is 77.3 Å². The first-order valence-corrected chi connectivity index (χ1v) is 11.0. The van der Waals surface area contributed by atoms with Gasteiger partial charge >= 0.3 is 0 Å². The first-order valence-electron chi connectivity index (χ1n) is 11.0. The van der Waals surface area contributed by atoms with Crippen LogP contribution in [-0.2, 0) is 5.41 Å². The SMILES string of the molecule is CC(C)c1ccnc(-c2cccc3c2oc2c4c(ccc23)-c2ccccc2C4(C)C)c1. The van der Waals surface area contributed by atoms with Crippen molar-refractivity contribution < 1.29 is 4.42 Å². The lowest BCUT2D eigenvalue weighted by molar-refractivity contribution is 0.620. The molecule has 0 unspecified atom stereocenters. The van der Waals surface area contributed by atoms with Crippen LogP contribution in [0.4, 0.5) is 0 Å². The molecular formula is C29H25NO. The second-order valence-electron chi connectivity index (χ2n) is 9.45. The summed E-state index contributed by atoms with van der Waals surface area (Å²) in [6.45, 7) is 9.03. The topological polar surface area (TPSA) is 26.0 Å². The summed E-state index contributed by atoms with van der Waals surface area (Å²) in [4.78, 5) is 4.69. The van der Waals surface area contributed by atoms with Gasteiger partial charge in [0.25, 0.3) is 0 Å². The van der Waals surface area contributed by atoms with Crippen molar-refractivity contribution in [1.82, 2.24) is 4.98 Å². The van der Waals surface area contributed by atoms with Crippen LogP contribution in [0.5, 0.6) is 0 Å². The van der Waals surface area contributed by atoms with Gasteiger partial charge in [-0.05, 0) is 52.4 Å². The average Bonchev–Trinajstić information content (AvgIpc) is 3.27. The van der Waals surface area contributed by atoms with Crippen molar-refractivity contribution in [1.29, 1.82) is 0 Å². The van der Waals surface area contributed by atoms with Crippen molar-refractivity contribution >= 4 is 21.9 Å². The number of fused-ring (bicyclic) bond motifs is 7. The lowest BCUT2D eigenvalue weighted by Gasteiger charge is -2.21. The second-order valence-corrected chi connectivity index (χ2v) is 9.45. The van der Waals surface area contributed by atoms with Crippen LogP contribution in [-0.4, -0.2) is 4.98 Å². The van der Waals surface area contributed by atoms with E-state index in [-0.39, 0.29) is 5.41 Å². The van der Waals surface area contributed by atoms with Gasteiger partial charge in [-0.1, -0.05) is 70.2 Å². The van der Waals surface area contributed by atoms with E-state index < -0.39 is 0 Å². The molecule has 5 aromatic rings. The highest BCUT2D eigenvalue weighted by Gasteiger charge is 2.38. The van der Waals surface area contributed by atoms with Gasteiger partial charge in [0.05, 0.1) is 5.69 Å². The number of hydrogen-bond donors (Lipinski definition) is 0. The average molecular weight is 404 g/mol. The van der Waals surface area contributed by atoms with E-state index in [4.69, 9.17) is 4.42 Å². The minimum atomic E-state index is -0.102. The number of rotatable bonds is 2. The summed E-state index contributed by atoms with van der Waals surface area (Å²) in [5, 5.41) is 2.33. The zero-order chi connectivity index (χ0) is 21.3. The molecule has 0 bridgehead atoms. The Balaban J connectivity index is 1.66. The van der Waals surface area contributed by atoms with Gasteiger partial charge in [0.15, 0.2) is 0 Å². The van der Waals surface area contributed by atoms with Gasteiger partial charge in [-0.25, -0.2) is 0 Å². The van der Waals surface area contributed by atoms with Crippen LogP contribution in [0.2, 0.25) is 0 Å². The fourth-order valence-electron chi connectivity index (χ4n) is 5.26. The fourth-order valence-corrected chi connectivity index (χ4v) is 5.26. The number of pyridine rings is 1. The Morgan fingerprint density at radius 2 is 1.55 bits per heavy atom. The van der Waals surface area contributed by atoms with Gasteiger partial charge in [-0.2, -0.15) is 0 Å². The molecule has 31 heavy (non-hydrogen) atoms. The van der Waals surface area contributed by atoms with Gasteiger partial charge in [0, 0.05) is 33.5 Å². The highest BCUT2D eigenvalue weighted by Crippen LogP contribution is 2.52. The van der Waals surface area contributed by atoms with Gasteiger partial charge in [0.1, 0.15) is 11.2 Å². The molecule has 1 aliphatic rings. The molecule has 2 heteroatoms. The number of benzene rings is 3. The number of para-hydroxylation sites is 1. The monoisotopic (exact) mass is 403 g/mol. The second kappa shape index (κ2) is 6.31. The molecule has 3 aromatic carbocycles. The number of aromatic nitrogens is 1. The molecule has 0 amide bonds. The van der Waals surface area contributed by atoms with Crippen molar-refractivity contribution in [3.05, 3.63) is 89.6 Å². The van der Waals surface area contributed by atoms with Crippen LogP contribution in [0.1, 0.15) is 50.3 Å². The third-order valence-corrected chi connectivity index (χ3v) is 6.91. The lowest BCUT2D eigenvalue weighted by Crippen LogP contribution is -2.15. The maximum Gasteiger partial charge on any atom is 0.144 e. The quantitative estimate of drug-likeness (QED) is 0.298. The van der Waals surface area contributed by atoms with E-state index in [1.54, 1.807) is 0 Å². The number of hydrogen-bond acceptors (Lipinski definition) is 2. The van der Waals surface area contributed by atoms with E-state index in [0.29, 0.717) is 5.92 Å². The van der Waals surface area contributed by atoms with E-state index >= 15 is 0 Å². The molecular weight excluding hydrogens is 378 g/mol. The zero-order valence-electron chi connectivity index (χ0n) is 18.4. The molecule has 0 N–H and O–H groups in total. The van der Waals surface area contributed by atoms with Crippen molar-refractivity contribution in [2.75, 3.05) is 0 Å². The number of furan rings is 1. The molecule has 0 fully saturated rings. The van der Waals surface area contributed by atoms with Gasteiger partial charge in [0.2, 0.25) is 0 Å². The normalized spacial score (nSPS) is 14.4. The Bertz CT molecular complexity index is 1490. The van der Waals surface area contributed by atoms with Crippen molar-refractivity contribution in [2.45, 2.75) is 39.0 Å². The predicted octanol–water partition coefficient (Wildman–Crippen LogP) is 8.08. The largest absolute Gasteiger partial charge is 0.455 e. The summed E-state index contributed by atoms with van der Waals surface area (Å²) < 4.78 is 6.71. The van der Waals surface area contributed by atoms with E-state index in [1.807, 2.05) is 6.20 Å². The molecule has 1 aliphatic carbocycles. The summed E-state index contributed by atoms with van der Waals surface area (Å²) in [5.74, 6) is 0.458. The lowest BCUT2D eigenvalue weighted by atomic mass is 9.82. The third kappa shape index (κ3) is 2.48.